The maximum Gasteiger partial charge on any atom is 0.126 e. The molecule has 1 saturated heterocycles. The van der Waals surface area contributed by atoms with E-state index in [9.17, 15) is 0 Å². The van der Waals surface area contributed by atoms with Gasteiger partial charge in [-0.3, -0.25) is 4.99 Å². The molecule has 1 atom stereocenters. The fraction of sp³-hybridized carbons (Fsp3) is 0.889. The van der Waals surface area contributed by atoms with Crippen LogP contribution in [0.3, 0.4) is 0 Å². The molecule has 0 aromatic carbocycles. The number of nitrogens with two attached hydrogens (primary N) is 1. The van der Waals surface area contributed by atoms with E-state index in [2.05, 4.69) is 11.9 Å². The second-order valence-corrected chi connectivity index (χ2v) is 3.45. The summed E-state index contributed by atoms with van der Waals surface area (Å²) in [6.07, 6.45) is 3.14. The third kappa shape index (κ3) is 1.97. The molecule has 0 radical (unpaired) electrons. The van der Waals surface area contributed by atoms with Crippen molar-refractivity contribution >= 4 is 5.84 Å². The summed E-state index contributed by atoms with van der Waals surface area (Å²) < 4.78 is 5.54. The maximum atomic E-state index is 5.82. The van der Waals surface area contributed by atoms with Gasteiger partial charge in [-0.05, 0) is 26.2 Å². The third-order valence-corrected chi connectivity index (χ3v) is 2.27. The number of amidine groups is 1. The van der Waals surface area contributed by atoms with Crippen LogP contribution in [-0.2, 0) is 4.74 Å². The molecule has 1 heterocycles. The normalized spacial score (nSPS) is 31.0. The van der Waals surface area contributed by atoms with Crippen molar-refractivity contribution < 1.29 is 4.74 Å². The van der Waals surface area contributed by atoms with Gasteiger partial charge in [0.05, 0.1) is 0 Å². The number of nitrogens with zero attached hydrogens (tertiary/aromatic N) is 1. The van der Waals surface area contributed by atoms with E-state index in [4.69, 9.17) is 10.5 Å². The van der Waals surface area contributed by atoms with E-state index < -0.39 is 0 Å². The van der Waals surface area contributed by atoms with E-state index >= 15 is 0 Å². The first-order chi connectivity index (χ1) is 5.69. The summed E-state index contributed by atoms with van der Waals surface area (Å²) >= 11 is 0. The highest BCUT2D eigenvalue weighted by atomic mass is 16.5. The Morgan fingerprint density at radius 2 is 2.42 bits per heavy atom. The highest BCUT2D eigenvalue weighted by Gasteiger charge is 2.33. The van der Waals surface area contributed by atoms with Crippen LogP contribution in [0.15, 0.2) is 4.99 Å². The van der Waals surface area contributed by atoms with Gasteiger partial charge < -0.3 is 10.5 Å². The summed E-state index contributed by atoms with van der Waals surface area (Å²) in [7, 11) is 0. The van der Waals surface area contributed by atoms with Gasteiger partial charge in [0, 0.05) is 13.2 Å². The second-order valence-electron chi connectivity index (χ2n) is 3.45. The van der Waals surface area contributed by atoms with Crippen LogP contribution < -0.4 is 5.73 Å². The molecule has 1 aliphatic heterocycles. The van der Waals surface area contributed by atoms with E-state index in [0.717, 1.165) is 32.4 Å². The van der Waals surface area contributed by atoms with E-state index in [-0.39, 0.29) is 5.60 Å². The Labute approximate surface area is 74.0 Å². The molecule has 3 nitrogen and oxygen atoms in total. The first-order valence-electron chi connectivity index (χ1n) is 4.63. The van der Waals surface area contributed by atoms with E-state index in [1.807, 2.05) is 6.92 Å². The summed E-state index contributed by atoms with van der Waals surface area (Å²) in [5, 5.41) is 0. The first-order valence-corrected chi connectivity index (χ1v) is 4.63. The van der Waals surface area contributed by atoms with Gasteiger partial charge in [-0.15, -0.1) is 0 Å². The van der Waals surface area contributed by atoms with Gasteiger partial charge in [-0.2, -0.15) is 0 Å². The minimum absolute atomic E-state index is 0.269. The Morgan fingerprint density at radius 3 is 2.92 bits per heavy atom. The predicted octanol–water partition coefficient (Wildman–Crippen LogP) is 1.32. The molecule has 0 amide bonds. The van der Waals surface area contributed by atoms with Crippen molar-refractivity contribution in [3.05, 3.63) is 0 Å². The largest absolute Gasteiger partial charge is 0.385 e. The van der Waals surface area contributed by atoms with Crippen molar-refractivity contribution in [1.82, 2.24) is 0 Å². The lowest BCUT2D eigenvalue weighted by molar-refractivity contribution is 0.0764. The van der Waals surface area contributed by atoms with Gasteiger partial charge in [0.1, 0.15) is 11.4 Å². The van der Waals surface area contributed by atoms with Crippen LogP contribution in [0.2, 0.25) is 0 Å². The number of rotatable bonds is 3. The summed E-state index contributed by atoms with van der Waals surface area (Å²) in [5.74, 6) is 0.668. The fourth-order valence-corrected chi connectivity index (χ4v) is 1.38. The summed E-state index contributed by atoms with van der Waals surface area (Å²) in [6, 6.07) is 0. The standard InChI is InChI=1S/C9H18N2O/c1-3-6-11-8(10)9(2)5-4-7-12-9/h3-7H2,1-2H3,(H2,10,11). The Hall–Kier alpha value is -0.570. The van der Waals surface area contributed by atoms with E-state index in [0.29, 0.717) is 5.84 Å². The molecule has 0 aromatic heterocycles. The molecule has 0 bridgehead atoms. The van der Waals surface area contributed by atoms with Gasteiger partial charge in [0.25, 0.3) is 0 Å². The van der Waals surface area contributed by atoms with Crippen molar-refractivity contribution in [3.8, 4) is 0 Å². The highest BCUT2D eigenvalue weighted by Crippen LogP contribution is 2.24. The van der Waals surface area contributed by atoms with Crippen LogP contribution in [0.4, 0.5) is 0 Å². The molecule has 2 N–H and O–H groups in total. The molecule has 12 heavy (non-hydrogen) atoms. The zero-order valence-electron chi connectivity index (χ0n) is 7.97. The van der Waals surface area contributed by atoms with Crippen molar-refractivity contribution in [3.63, 3.8) is 0 Å². The Bertz CT molecular complexity index is 171. The predicted molar refractivity (Wildman–Crippen MR) is 50.4 cm³/mol. The zero-order valence-corrected chi connectivity index (χ0v) is 7.97. The summed E-state index contributed by atoms with van der Waals surface area (Å²) in [4.78, 5) is 4.27. The molecule has 1 unspecified atom stereocenters. The third-order valence-electron chi connectivity index (χ3n) is 2.27. The molecule has 1 aliphatic rings. The molecule has 0 aromatic rings. The summed E-state index contributed by atoms with van der Waals surface area (Å²) in [6.45, 7) is 5.74. The number of hydrogen-bond acceptors (Lipinski definition) is 2. The molecule has 0 spiro atoms. The maximum absolute atomic E-state index is 5.82. The van der Waals surface area contributed by atoms with Gasteiger partial charge in [0.15, 0.2) is 0 Å². The second kappa shape index (κ2) is 3.90. The Balaban J connectivity index is 2.54. The van der Waals surface area contributed by atoms with E-state index in [1.165, 1.54) is 0 Å². The van der Waals surface area contributed by atoms with Gasteiger partial charge >= 0.3 is 0 Å². The Kier molecular flexibility index (Phi) is 3.09. The smallest absolute Gasteiger partial charge is 0.126 e. The topological polar surface area (TPSA) is 47.6 Å². The minimum atomic E-state index is -0.269. The summed E-state index contributed by atoms with van der Waals surface area (Å²) in [5.41, 5.74) is 5.56. The average Bonchev–Trinajstić information content (AvgIpc) is 2.49. The SMILES string of the molecule is CCCN=C(N)C1(C)CCCO1. The van der Waals surface area contributed by atoms with Crippen LogP contribution >= 0.6 is 0 Å². The van der Waals surface area contributed by atoms with Crippen LogP contribution in [0.5, 0.6) is 0 Å². The Morgan fingerprint density at radius 1 is 1.67 bits per heavy atom. The molecular weight excluding hydrogens is 152 g/mol. The van der Waals surface area contributed by atoms with E-state index in [1.54, 1.807) is 0 Å². The number of ether oxygens (including phenoxy) is 1. The first kappa shape index (κ1) is 9.52. The molecule has 1 rings (SSSR count). The molecule has 0 aliphatic carbocycles. The van der Waals surface area contributed by atoms with Gasteiger partial charge in [0.2, 0.25) is 0 Å². The molecular formula is C9H18N2O. The lowest BCUT2D eigenvalue weighted by Crippen LogP contribution is -2.40. The van der Waals surface area contributed by atoms with Crippen LogP contribution in [0, 0.1) is 0 Å². The minimum Gasteiger partial charge on any atom is -0.385 e. The van der Waals surface area contributed by atoms with Crippen molar-refractivity contribution in [2.24, 2.45) is 10.7 Å². The molecule has 1 fully saturated rings. The number of hydrogen-bond donors (Lipinski definition) is 1. The zero-order chi connectivity index (χ0) is 9.03. The van der Waals surface area contributed by atoms with Crippen molar-refractivity contribution in [2.45, 2.75) is 38.7 Å². The lowest BCUT2D eigenvalue weighted by atomic mass is 10.0. The monoisotopic (exact) mass is 170 g/mol. The van der Waals surface area contributed by atoms with Crippen LogP contribution in [0.1, 0.15) is 33.1 Å². The van der Waals surface area contributed by atoms with Crippen LogP contribution in [0.25, 0.3) is 0 Å². The van der Waals surface area contributed by atoms with Crippen LogP contribution in [-0.4, -0.2) is 24.6 Å². The average molecular weight is 170 g/mol. The van der Waals surface area contributed by atoms with Gasteiger partial charge in [-0.25, -0.2) is 0 Å². The molecule has 70 valence electrons. The van der Waals surface area contributed by atoms with Gasteiger partial charge in [-0.1, -0.05) is 6.92 Å². The molecule has 0 saturated carbocycles. The lowest BCUT2D eigenvalue weighted by Gasteiger charge is -2.22. The molecule has 3 heteroatoms. The van der Waals surface area contributed by atoms with Crippen molar-refractivity contribution in [1.29, 1.82) is 0 Å². The highest BCUT2D eigenvalue weighted by molar-refractivity contribution is 5.88. The number of aliphatic imine (C=N–C) groups is 1. The quantitative estimate of drug-likeness (QED) is 0.513. The van der Waals surface area contributed by atoms with Crippen molar-refractivity contribution in [2.75, 3.05) is 13.2 Å². The fourth-order valence-electron chi connectivity index (χ4n) is 1.38.